The predicted octanol–water partition coefficient (Wildman–Crippen LogP) is 3.13. The summed E-state index contributed by atoms with van der Waals surface area (Å²) in [5.41, 5.74) is 2.55. The Balaban J connectivity index is 1.69. The number of para-hydroxylation sites is 2. The number of carbonyl (C=O) groups excluding carboxylic acids is 1. The fourth-order valence-corrected chi connectivity index (χ4v) is 2.73. The summed E-state index contributed by atoms with van der Waals surface area (Å²) in [6.07, 6.45) is 1.48. The molecule has 0 bridgehead atoms. The van der Waals surface area contributed by atoms with E-state index in [-0.39, 0.29) is 5.91 Å². The van der Waals surface area contributed by atoms with Crippen molar-refractivity contribution in [2.75, 3.05) is 6.54 Å². The Morgan fingerprint density at radius 1 is 1.38 bits per heavy atom. The summed E-state index contributed by atoms with van der Waals surface area (Å²) in [7, 11) is 0. The van der Waals surface area contributed by atoms with E-state index in [2.05, 4.69) is 30.8 Å². The number of amides is 1. The van der Waals surface area contributed by atoms with E-state index in [9.17, 15) is 4.79 Å². The molecule has 108 valence electrons. The molecule has 1 aromatic carbocycles. The van der Waals surface area contributed by atoms with Gasteiger partial charge in [0.2, 0.25) is 0 Å². The van der Waals surface area contributed by atoms with Gasteiger partial charge in [0.25, 0.3) is 5.91 Å². The van der Waals surface area contributed by atoms with Gasteiger partial charge in [0.1, 0.15) is 5.82 Å². The van der Waals surface area contributed by atoms with Crippen LogP contribution in [-0.2, 0) is 6.54 Å². The maximum atomic E-state index is 12.0. The fraction of sp³-hybridized carbons (Fsp3) is 0.200. The molecule has 0 aliphatic heterocycles. The molecular weight excluding hydrogens is 334 g/mol. The Hall–Kier alpha value is -2.08. The van der Waals surface area contributed by atoms with Gasteiger partial charge < -0.3 is 14.3 Å². The SMILES string of the molecule is Cc1nc2ccccc2n1CCNC(=O)c1ccoc1Br. The molecule has 3 aromatic rings. The van der Waals surface area contributed by atoms with Gasteiger partial charge in [-0.1, -0.05) is 12.1 Å². The summed E-state index contributed by atoms with van der Waals surface area (Å²) in [6, 6.07) is 9.61. The molecule has 0 fully saturated rings. The normalized spacial score (nSPS) is 11.0. The Bertz CT molecular complexity index is 791. The highest BCUT2D eigenvalue weighted by molar-refractivity contribution is 9.10. The number of furan rings is 1. The molecule has 0 aliphatic carbocycles. The third-order valence-corrected chi connectivity index (χ3v) is 3.94. The van der Waals surface area contributed by atoms with Crippen molar-refractivity contribution in [3.8, 4) is 0 Å². The number of benzene rings is 1. The zero-order chi connectivity index (χ0) is 14.8. The number of aromatic nitrogens is 2. The van der Waals surface area contributed by atoms with Gasteiger partial charge in [0, 0.05) is 13.1 Å². The Kier molecular flexibility index (Phi) is 3.79. The van der Waals surface area contributed by atoms with E-state index >= 15 is 0 Å². The fourth-order valence-electron chi connectivity index (χ4n) is 2.31. The Morgan fingerprint density at radius 2 is 2.19 bits per heavy atom. The summed E-state index contributed by atoms with van der Waals surface area (Å²) in [6.45, 7) is 3.17. The lowest BCUT2D eigenvalue weighted by molar-refractivity contribution is 0.0950. The van der Waals surface area contributed by atoms with Crippen LogP contribution in [0.5, 0.6) is 0 Å². The number of nitrogens with zero attached hydrogens (tertiary/aromatic N) is 2. The van der Waals surface area contributed by atoms with Crippen LogP contribution in [0.4, 0.5) is 0 Å². The molecule has 6 heteroatoms. The predicted molar refractivity (Wildman–Crippen MR) is 83.2 cm³/mol. The highest BCUT2D eigenvalue weighted by Crippen LogP contribution is 2.17. The summed E-state index contributed by atoms with van der Waals surface area (Å²) in [5, 5.41) is 2.88. The number of hydrogen-bond donors (Lipinski definition) is 1. The molecule has 21 heavy (non-hydrogen) atoms. The molecule has 0 unspecified atom stereocenters. The first kappa shape index (κ1) is 13.9. The number of imidazole rings is 1. The zero-order valence-electron chi connectivity index (χ0n) is 11.5. The molecule has 2 heterocycles. The lowest BCUT2D eigenvalue weighted by Gasteiger charge is -2.08. The van der Waals surface area contributed by atoms with Gasteiger partial charge in [0.05, 0.1) is 22.9 Å². The second-order valence-electron chi connectivity index (χ2n) is 4.66. The first-order valence-electron chi connectivity index (χ1n) is 6.60. The van der Waals surface area contributed by atoms with E-state index < -0.39 is 0 Å². The molecule has 0 atom stereocenters. The van der Waals surface area contributed by atoms with Crippen molar-refractivity contribution >= 4 is 32.9 Å². The minimum atomic E-state index is -0.155. The molecule has 0 spiro atoms. The van der Waals surface area contributed by atoms with E-state index in [4.69, 9.17) is 4.42 Å². The van der Waals surface area contributed by atoms with Crippen molar-refractivity contribution in [2.24, 2.45) is 0 Å². The minimum absolute atomic E-state index is 0.155. The van der Waals surface area contributed by atoms with E-state index in [0.29, 0.717) is 23.3 Å². The number of hydrogen-bond acceptors (Lipinski definition) is 3. The average molecular weight is 348 g/mol. The van der Waals surface area contributed by atoms with E-state index in [0.717, 1.165) is 16.9 Å². The third kappa shape index (κ3) is 2.71. The molecule has 0 saturated carbocycles. The van der Waals surface area contributed by atoms with Crippen molar-refractivity contribution in [3.63, 3.8) is 0 Å². The number of fused-ring (bicyclic) bond motifs is 1. The highest BCUT2D eigenvalue weighted by Gasteiger charge is 2.12. The number of carbonyl (C=O) groups is 1. The Morgan fingerprint density at radius 3 is 2.95 bits per heavy atom. The van der Waals surface area contributed by atoms with Gasteiger partial charge in [-0.2, -0.15) is 0 Å². The number of nitrogens with one attached hydrogen (secondary N) is 1. The largest absolute Gasteiger partial charge is 0.457 e. The molecule has 3 rings (SSSR count). The van der Waals surface area contributed by atoms with Crippen molar-refractivity contribution in [2.45, 2.75) is 13.5 Å². The van der Waals surface area contributed by atoms with Gasteiger partial charge >= 0.3 is 0 Å². The number of aryl methyl sites for hydroxylation is 1. The van der Waals surface area contributed by atoms with Crippen molar-refractivity contribution < 1.29 is 9.21 Å². The highest BCUT2D eigenvalue weighted by atomic mass is 79.9. The van der Waals surface area contributed by atoms with Gasteiger partial charge in [-0.25, -0.2) is 4.98 Å². The van der Waals surface area contributed by atoms with Gasteiger partial charge in [-0.3, -0.25) is 4.79 Å². The van der Waals surface area contributed by atoms with Crippen molar-refractivity contribution in [3.05, 3.63) is 52.7 Å². The molecule has 0 radical (unpaired) electrons. The molecule has 1 N–H and O–H groups in total. The van der Waals surface area contributed by atoms with Gasteiger partial charge in [-0.05, 0) is 41.1 Å². The summed E-state index contributed by atoms with van der Waals surface area (Å²) >= 11 is 3.20. The molecule has 1 amide bonds. The molecule has 2 aromatic heterocycles. The standard InChI is InChI=1S/C15H14BrN3O2/c1-10-18-12-4-2-3-5-13(12)19(10)8-7-17-15(20)11-6-9-21-14(11)16/h2-6,9H,7-8H2,1H3,(H,17,20). The van der Waals surface area contributed by atoms with E-state index in [1.807, 2.05) is 31.2 Å². The van der Waals surface area contributed by atoms with Crippen LogP contribution >= 0.6 is 15.9 Å². The maximum absolute atomic E-state index is 12.0. The Labute approximate surface area is 130 Å². The first-order valence-corrected chi connectivity index (χ1v) is 7.39. The number of halogens is 1. The van der Waals surface area contributed by atoms with Crippen LogP contribution in [0.25, 0.3) is 11.0 Å². The average Bonchev–Trinajstić information content (AvgIpc) is 3.03. The zero-order valence-corrected chi connectivity index (χ0v) is 13.1. The van der Waals surface area contributed by atoms with Crippen LogP contribution in [0.3, 0.4) is 0 Å². The quantitative estimate of drug-likeness (QED) is 0.788. The third-order valence-electron chi connectivity index (χ3n) is 3.33. The molecular formula is C15H14BrN3O2. The number of rotatable bonds is 4. The molecule has 5 nitrogen and oxygen atoms in total. The smallest absolute Gasteiger partial charge is 0.255 e. The topological polar surface area (TPSA) is 60.1 Å². The minimum Gasteiger partial charge on any atom is -0.457 e. The van der Waals surface area contributed by atoms with E-state index in [1.165, 1.54) is 6.26 Å². The van der Waals surface area contributed by atoms with Crippen LogP contribution in [-0.4, -0.2) is 22.0 Å². The van der Waals surface area contributed by atoms with Crippen molar-refractivity contribution in [1.29, 1.82) is 0 Å². The summed E-state index contributed by atoms with van der Waals surface area (Å²) in [4.78, 5) is 16.5. The molecule has 0 saturated heterocycles. The summed E-state index contributed by atoms with van der Waals surface area (Å²) in [5.74, 6) is 0.785. The second kappa shape index (κ2) is 5.73. The van der Waals surface area contributed by atoms with Crippen LogP contribution < -0.4 is 5.32 Å². The maximum Gasteiger partial charge on any atom is 0.255 e. The summed E-state index contributed by atoms with van der Waals surface area (Å²) < 4.78 is 7.60. The second-order valence-corrected chi connectivity index (χ2v) is 5.38. The lowest BCUT2D eigenvalue weighted by Crippen LogP contribution is -2.27. The lowest BCUT2D eigenvalue weighted by atomic mass is 10.3. The molecule has 0 aliphatic rings. The van der Waals surface area contributed by atoms with Crippen LogP contribution in [0.15, 0.2) is 45.7 Å². The first-order chi connectivity index (χ1) is 10.2. The monoisotopic (exact) mass is 347 g/mol. The van der Waals surface area contributed by atoms with Gasteiger partial charge in [0.15, 0.2) is 4.67 Å². The van der Waals surface area contributed by atoms with Crippen LogP contribution in [0.2, 0.25) is 0 Å². The van der Waals surface area contributed by atoms with Crippen LogP contribution in [0, 0.1) is 6.92 Å². The van der Waals surface area contributed by atoms with E-state index in [1.54, 1.807) is 6.07 Å². The van der Waals surface area contributed by atoms with Gasteiger partial charge in [-0.15, -0.1) is 0 Å². The van der Waals surface area contributed by atoms with Crippen molar-refractivity contribution in [1.82, 2.24) is 14.9 Å². The van der Waals surface area contributed by atoms with Crippen LogP contribution in [0.1, 0.15) is 16.2 Å².